The second kappa shape index (κ2) is 6.95. The molecule has 0 aliphatic rings. The first-order valence-corrected chi connectivity index (χ1v) is 7.33. The van der Waals surface area contributed by atoms with Crippen molar-refractivity contribution in [3.8, 4) is 0 Å². The van der Waals surface area contributed by atoms with Crippen LogP contribution in [0.1, 0.15) is 24.1 Å². The monoisotopic (exact) mass is 339 g/mol. The van der Waals surface area contributed by atoms with Gasteiger partial charge in [0.25, 0.3) is 0 Å². The summed E-state index contributed by atoms with van der Waals surface area (Å²) in [5, 5.41) is 3.16. The summed E-state index contributed by atoms with van der Waals surface area (Å²) in [6.07, 6.45) is 0.521. The summed E-state index contributed by atoms with van der Waals surface area (Å²) in [5.74, 6) is -1.02. The van der Waals surface area contributed by atoms with Crippen LogP contribution in [0.3, 0.4) is 0 Å². The normalized spacial score (nSPS) is 12.4. The average Bonchev–Trinajstić information content (AvgIpc) is 2.41. The Labute approximate surface area is 126 Å². The topological polar surface area (TPSA) is 12.0 Å². The van der Waals surface area contributed by atoms with E-state index in [0.29, 0.717) is 13.0 Å². The molecule has 0 saturated heterocycles. The first-order valence-electron chi connectivity index (χ1n) is 6.54. The molecule has 4 heteroatoms. The second-order valence-corrected chi connectivity index (χ2v) is 5.40. The summed E-state index contributed by atoms with van der Waals surface area (Å²) in [4.78, 5) is 0. The Morgan fingerprint density at radius 1 is 1.05 bits per heavy atom. The lowest BCUT2D eigenvalue weighted by Gasteiger charge is -2.20. The predicted octanol–water partition coefficient (Wildman–Crippen LogP) is 4.62. The molecule has 2 aromatic carbocycles. The molecular weight excluding hydrogens is 324 g/mol. The first-order chi connectivity index (χ1) is 9.63. The number of rotatable bonds is 5. The van der Waals surface area contributed by atoms with Crippen molar-refractivity contribution in [1.29, 1.82) is 0 Å². The fraction of sp³-hybridized carbons (Fsp3) is 0.250. The number of benzene rings is 2. The van der Waals surface area contributed by atoms with Crippen LogP contribution in [0.2, 0.25) is 0 Å². The van der Waals surface area contributed by atoms with Crippen LogP contribution in [-0.2, 0) is 6.42 Å². The van der Waals surface area contributed by atoms with Gasteiger partial charge >= 0.3 is 0 Å². The Morgan fingerprint density at radius 3 is 2.30 bits per heavy atom. The molecule has 0 radical (unpaired) electrons. The summed E-state index contributed by atoms with van der Waals surface area (Å²) in [7, 11) is 0. The molecule has 2 rings (SSSR count). The molecule has 0 bridgehead atoms. The molecule has 1 atom stereocenters. The van der Waals surface area contributed by atoms with Gasteiger partial charge in [-0.2, -0.15) is 0 Å². The van der Waals surface area contributed by atoms with Crippen LogP contribution in [0.25, 0.3) is 0 Å². The molecule has 1 N–H and O–H groups in total. The summed E-state index contributed by atoms with van der Waals surface area (Å²) in [5.41, 5.74) is 1.12. The Bertz CT molecular complexity index is 566. The van der Waals surface area contributed by atoms with E-state index >= 15 is 0 Å². The lowest BCUT2D eigenvalue weighted by molar-refractivity contribution is 0.472. The Balaban J connectivity index is 2.35. The van der Waals surface area contributed by atoms with Crippen LogP contribution in [0.15, 0.2) is 46.9 Å². The Hall–Kier alpha value is -1.26. The highest BCUT2D eigenvalue weighted by atomic mass is 79.9. The van der Waals surface area contributed by atoms with Crippen molar-refractivity contribution in [3.05, 3.63) is 69.7 Å². The van der Waals surface area contributed by atoms with E-state index in [1.165, 1.54) is 18.2 Å². The van der Waals surface area contributed by atoms with Crippen LogP contribution < -0.4 is 5.32 Å². The van der Waals surface area contributed by atoms with Crippen LogP contribution in [0.4, 0.5) is 8.78 Å². The standard InChI is InChI=1S/C16H16BrF2N/c1-2-20-15(10-11-6-3-4-7-12(11)17)16-13(18)8-5-9-14(16)19/h3-9,15,20H,2,10H2,1H3. The van der Waals surface area contributed by atoms with Crippen molar-refractivity contribution in [2.75, 3.05) is 6.54 Å². The second-order valence-electron chi connectivity index (χ2n) is 4.54. The Morgan fingerprint density at radius 2 is 1.70 bits per heavy atom. The van der Waals surface area contributed by atoms with E-state index in [0.717, 1.165) is 10.0 Å². The molecule has 2 aromatic rings. The number of nitrogens with one attached hydrogen (secondary N) is 1. The molecule has 0 saturated carbocycles. The molecule has 0 fully saturated rings. The van der Waals surface area contributed by atoms with Gasteiger partial charge < -0.3 is 5.32 Å². The van der Waals surface area contributed by atoms with Gasteiger partial charge in [0.2, 0.25) is 0 Å². The number of hydrogen-bond donors (Lipinski definition) is 1. The third-order valence-electron chi connectivity index (χ3n) is 3.18. The number of halogens is 3. The summed E-state index contributed by atoms with van der Waals surface area (Å²) in [6.45, 7) is 2.56. The van der Waals surface area contributed by atoms with Gasteiger partial charge in [-0.3, -0.25) is 0 Å². The van der Waals surface area contributed by atoms with Gasteiger partial charge in [-0.1, -0.05) is 47.1 Å². The molecule has 106 valence electrons. The van der Waals surface area contributed by atoms with Crippen molar-refractivity contribution >= 4 is 15.9 Å². The third kappa shape index (κ3) is 3.44. The minimum atomic E-state index is -0.511. The summed E-state index contributed by atoms with van der Waals surface area (Å²) < 4.78 is 28.8. The summed E-state index contributed by atoms with van der Waals surface area (Å²) >= 11 is 3.47. The van der Waals surface area contributed by atoms with Gasteiger partial charge in [0.15, 0.2) is 0 Å². The molecule has 0 heterocycles. The maximum Gasteiger partial charge on any atom is 0.130 e. The molecule has 0 aliphatic carbocycles. The zero-order chi connectivity index (χ0) is 14.5. The molecular formula is C16H16BrF2N. The van der Waals surface area contributed by atoms with Crippen LogP contribution in [0, 0.1) is 11.6 Å². The van der Waals surface area contributed by atoms with E-state index in [4.69, 9.17) is 0 Å². The first kappa shape index (κ1) is 15.1. The van der Waals surface area contributed by atoms with Gasteiger partial charge in [0.05, 0.1) is 0 Å². The van der Waals surface area contributed by atoms with E-state index in [9.17, 15) is 8.78 Å². The molecule has 0 aliphatic heterocycles. The fourth-order valence-corrected chi connectivity index (χ4v) is 2.70. The van der Waals surface area contributed by atoms with Crippen molar-refractivity contribution in [2.24, 2.45) is 0 Å². The highest BCUT2D eigenvalue weighted by Gasteiger charge is 2.20. The van der Waals surface area contributed by atoms with Crippen molar-refractivity contribution in [2.45, 2.75) is 19.4 Å². The average molecular weight is 340 g/mol. The smallest absolute Gasteiger partial charge is 0.130 e. The number of hydrogen-bond acceptors (Lipinski definition) is 1. The van der Waals surface area contributed by atoms with Crippen LogP contribution >= 0.6 is 15.9 Å². The molecule has 0 spiro atoms. The summed E-state index contributed by atoms with van der Waals surface area (Å²) in [6, 6.07) is 11.3. The minimum absolute atomic E-state index is 0.102. The zero-order valence-electron chi connectivity index (χ0n) is 11.2. The SMILES string of the molecule is CCNC(Cc1ccccc1Br)c1c(F)cccc1F. The molecule has 1 unspecified atom stereocenters. The van der Waals surface area contributed by atoms with Gasteiger partial charge in [0.1, 0.15) is 11.6 Å². The molecule has 0 amide bonds. The fourth-order valence-electron chi connectivity index (χ4n) is 2.25. The maximum atomic E-state index is 13.9. The highest BCUT2D eigenvalue weighted by Crippen LogP contribution is 2.27. The van der Waals surface area contributed by atoms with Gasteiger partial charge in [-0.05, 0) is 36.7 Å². The largest absolute Gasteiger partial charge is 0.310 e. The van der Waals surface area contributed by atoms with E-state index in [2.05, 4.69) is 21.2 Å². The zero-order valence-corrected chi connectivity index (χ0v) is 12.8. The van der Waals surface area contributed by atoms with Crippen LogP contribution in [-0.4, -0.2) is 6.54 Å². The van der Waals surface area contributed by atoms with E-state index < -0.39 is 11.6 Å². The van der Waals surface area contributed by atoms with E-state index in [1.807, 2.05) is 31.2 Å². The lowest BCUT2D eigenvalue weighted by atomic mass is 9.98. The van der Waals surface area contributed by atoms with Crippen molar-refractivity contribution < 1.29 is 8.78 Å². The minimum Gasteiger partial charge on any atom is -0.310 e. The Kier molecular flexibility index (Phi) is 5.26. The molecule has 20 heavy (non-hydrogen) atoms. The van der Waals surface area contributed by atoms with Gasteiger partial charge in [-0.25, -0.2) is 8.78 Å². The third-order valence-corrected chi connectivity index (χ3v) is 3.95. The van der Waals surface area contributed by atoms with E-state index in [1.54, 1.807) is 0 Å². The molecule has 1 nitrogen and oxygen atoms in total. The lowest BCUT2D eigenvalue weighted by Crippen LogP contribution is -2.25. The van der Waals surface area contributed by atoms with E-state index in [-0.39, 0.29) is 11.6 Å². The predicted molar refractivity (Wildman–Crippen MR) is 80.6 cm³/mol. The van der Waals surface area contributed by atoms with Gasteiger partial charge in [0, 0.05) is 16.1 Å². The number of likely N-dealkylation sites (N-methyl/N-ethyl adjacent to an activating group) is 1. The van der Waals surface area contributed by atoms with Crippen LogP contribution in [0.5, 0.6) is 0 Å². The van der Waals surface area contributed by atoms with Gasteiger partial charge in [-0.15, -0.1) is 0 Å². The maximum absolute atomic E-state index is 13.9. The molecule has 0 aromatic heterocycles. The van der Waals surface area contributed by atoms with Crippen molar-refractivity contribution in [3.63, 3.8) is 0 Å². The van der Waals surface area contributed by atoms with Crippen molar-refractivity contribution in [1.82, 2.24) is 5.32 Å². The highest BCUT2D eigenvalue weighted by molar-refractivity contribution is 9.10. The quantitative estimate of drug-likeness (QED) is 0.837.